The standard InChI is InChI=1S/C24H21Br/c1-5-8-21-16(3)17(4)22(9-6-2)24-15-19(12-13-23(21)24)18-10-7-11-20(25)14-18/h6-7,9-15H,1-4H3/b9-6-. The monoisotopic (exact) mass is 388 g/mol. The summed E-state index contributed by atoms with van der Waals surface area (Å²) < 4.78 is 1.09. The molecule has 25 heavy (non-hydrogen) atoms. The van der Waals surface area contributed by atoms with Crippen LogP contribution >= 0.6 is 15.9 Å². The van der Waals surface area contributed by atoms with Crippen molar-refractivity contribution in [1.82, 2.24) is 0 Å². The van der Waals surface area contributed by atoms with E-state index in [0.29, 0.717) is 0 Å². The molecule has 0 aliphatic rings. The lowest BCUT2D eigenvalue weighted by Crippen LogP contribution is -1.95. The molecule has 0 radical (unpaired) electrons. The van der Waals surface area contributed by atoms with Gasteiger partial charge in [0.1, 0.15) is 0 Å². The molecule has 0 aliphatic heterocycles. The van der Waals surface area contributed by atoms with Crippen LogP contribution in [0.15, 0.2) is 53.0 Å². The molecule has 0 aliphatic carbocycles. The van der Waals surface area contributed by atoms with E-state index in [4.69, 9.17) is 0 Å². The number of hydrogen-bond acceptors (Lipinski definition) is 0. The molecule has 1 heteroatoms. The van der Waals surface area contributed by atoms with Crippen LogP contribution in [0.1, 0.15) is 36.1 Å². The first-order chi connectivity index (χ1) is 12.1. The molecule has 0 saturated carbocycles. The minimum atomic E-state index is 1.09. The number of allylic oxidation sites excluding steroid dienone is 1. The second kappa shape index (κ2) is 7.30. The smallest absolute Gasteiger partial charge is 0.0355 e. The first-order valence-electron chi connectivity index (χ1n) is 8.45. The van der Waals surface area contributed by atoms with Crippen molar-refractivity contribution in [2.24, 2.45) is 0 Å². The van der Waals surface area contributed by atoms with Gasteiger partial charge in [-0.3, -0.25) is 0 Å². The summed E-state index contributed by atoms with van der Waals surface area (Å²) in [6, 6.07) is 15.1. The largest absolute Gasteiger partial charge is 0.101 e. The first kappa shape index (κ1) is 17.5. The van der Waals surface area contributed by atoms with Crippen LogP contribution in [-0.2, 0) is 0 Å². The maximum absolute atomic E-state index is 3.57. The molecule has 0 bridgehead atoms. The summed E-state index contributed by atoms with van der Waals surface area (Å²) >= 11 is 3.57. The average Bonchev–Trinajstić information content (AvgIpc) is 2.62. The molecule has 0 aromatic heterocycles. The lowest BCUT2D eigenvalue weighted by Gasteiger charge is -2.15. The van der Waals surface area contributed by atoms with Crippen molar-refractivity contribution in [3.63, 3.8) is 0 Å². The maximum Gasteiger partial charge on any atom is 0.0355 e. The molecular weight excluding hydrogens is 368 g/mol. The fourth-order valence-electron chi connectivity index (χ4n) is 3.29. The number of rotatable bonds is 2. The molecule has 3 aromatic rings. The van der Waals surface area contributed by atoms with Crippen molar-refractivity contribution in [1.29, 1.82) is 0 Å². The van der Waals surface area contributed by atoms with Gasteiger partial charge in [0, 0.05) is 10.0 Å². The summed E-state index contributed by atoms with van der Waals surface area (Å²) in [5.74, 6) is 6.39. The summed E-state index contributed by atoms with van der Waals surface area (Å²) in [5, 5.41) is 2.49. The second-order valence-electron chi connectivity index (χ2n) is 6.18. The van der Waals surface area contributed by atoms with Gasteiger partial charge in [-0.1, -0.05) is 58.3 Å². The summed E-state index contributed by atoms with van der Waals surface area (Å²) in [6.45, 7) is 8.33. The molecule has 0 amide bonds. The van der Waals surface area contributed by atoms with Crippen LogP contribution in [0.25, 0.3) is 28.0 Å². The normalized spacial score (nSPS) is 10.9. The molecule has 0 spiro atoms. The molecule has 124 valence electrons. The molecule has 0 nitrogen and oxygen atoms in total. The van der Waals surface area contributed by atoms with Gasteiger partial charge in [0.05, 0.1) is 0 Å². The Bertz CT molecular complexity index is 1040. The highest BCUT2D eigenvalue weighted by Gasteiger charge is 2.12. The molecule has 0 fully saturated rings. The number of halogens is 1. The van der Waals surface area contributed by atoms with Gasteiger partial charge in [0.15, 0.2) is 0 Å². The maximum atomic E-state index is 3.57. The van der Waals surface area contributed by atoms with Crippen LogP contribution in [0.2, 0.25) is 0 Å². The number of hydrogen-bond donors (Lipinski definition) is 0. The Morgan fingerprint density at radius 2 is 1.68 bits per heavy atom. The minimum Gasteiger partial charge on any atom is -0.101 e. The summed E-state index contributed by atoms with van der Waals surface area (Å²) in [6.07, 6.45) is 4.32. The molecule has 0 heterocycles. The van der Waals surface area contributed by atoms with Crippen molar-refractivity contribution in [2.45, 2.75) is 27.7 Å². The number of benzene rings is 3. The van der Waals surface area contributed by atoms with Gasteiger partial charge >= 0.3 is 0 Å². The third-order valence-electron chi connectivity index (χ3n) is 4.66. The number of fused-ring (bicyclic) bond motifs is 1. The van der Waals surface area contributed by atoms with Gasteiger partial charge in [-0.25, -0.2) is 0 Å². The topological polar surface area (TPSA) is 0 Å². The zero-order valence-corrected chi connectivity index (χ0v) is 16.7. The highest BCUT2D eigenvalue weighted by molar-refractivity contribution is 9.10. The molecule has 3 aromatic carbocycles. The Kier molecular flexibility index (Phi) is 5.11. The first-order valence-corrected chi connectivity index (χ1v) is 9.24. The van der Waals surface area contributed by atoms with Gasteiger partial charge < -0.3 is 0 Å². The van der Waals surface area contributed by atoms with E-state index in [-0.39, 0.29) is 0 Å². The molecular formula is C24H21Br. The predicted octanol–water partition coefficient (Wildman–Crippen LogP) is 7.29. The van der Waals surface area contributed by atoms with E-state index in [1.807, 2.05) is 6.92 Å². The zero-order valence-electron chi connectivity index (χ0n) is 15.1. The average molecular weight is 389 g/mol. The molecule has 0 N–H and O–H groups in total. The van der Waals surface area contributed by atoms with E-state index in [1.54, 1.807) is 0 Å². The zero-order chi connectivity index (χ0) is 18.0. The summed E-state index contributed by atoms with van der Waals surface area (Å²) in [5.41, 5.74) is 7.43. The Morgan fingerprint density at radius 3 is 2.36 bits per heavy atom. The Balaban J connectivity index is 2.39. The van der Waals surface area contributed by atoms with E-state index in [2.05, 4.69) is 103 Å². The van der Waals surface area contributed by atoms with Crippen molar-refractivity contribution < 1.29 is 0 Å². The molecule has 0 unspecified atom stereocenters. The second-order valence-corrected chi connectivity index (χ2v) is 7.10. The Hall–Kier alpha value is -2.30. The lowest BCUT2D eigenvalue weighted by atomic mass is 9.88. The van der Waals surface area contributed by atoms with Crippen molar-refractivity contribution in [3.05, 3.63) is 75.3 Å². The van der Waals surface area contributed by atoms with Crippen molar-refractivity contribution >= 4 is 32.8 Å². The van der Waals surface area contributed by atoms with E-state index in [9.17, 15) is 0 Å². The van der Waals surface area contributed by atoms with Crippen molar-refractivity contribution in [3.8, 4) is 23.0 Å². The molecule has 3 rings (SSSR count). The van der Waals surface area contributed by atoms with E-state index in [0.717, 1.165) is 10.0 Å². The lowest BCUT2D eigenvalue weighted by molar-refractivity contribution is 1.33. The van der Waals surface area contributed by atoms with Crippen LogP contribution in [0.3, 0.4) is 0 Å². The fraction of sp³-hybridized carbons (Fsp3) is 0.167. The third kappa shape index (κ3) is 3.28. The molecule has 0 atom stereocenters. The van der Waals surface area contributed by atoms with Gasteiger partial charge in [-0.05, 0) is 84.5 Å². The summed E-state index contributed by atoms with van der Waals surface area (Å²) in [7, 11) is 0. The van der Waals surface area contributed by atoms with Crippen LogP contribution in [-0.4, -0.2) is 0 Å². The molecule has 0 saturated heterocycles. The van der Waals surface area contributed by atoms with Crippen LogP contribution < -0.4 is 0 Å². The van der Waals surface area contributed by atoms with Crippen LogP contribution in [0.5, 0.6) is 0 Å². The summed E-state index contributed by atoms with van der Waals surface area (Å²) in [4.78, 5) is 0. The van der Waals surface area contributed by atoms with Gasteiger partial charge in [0.25, 0.3) is 0 Å². The highest BCUT2D eigenvalue weighted by Crippen LogP contribution is 2.34. The van der Waals surface area contributed by atoms with E-state index in [1.165, 1.54) is 38.6 Å². The Morgan fingerprint density at radius 1 is 0.920 bits per heavy atom. The van der Waals surface area contributed by atoms with Crippen LogP contribution in [0.4, 0.5) is 0 Å². The Labute approximate surface area is 158 Å². The fourth-order valence-corrected chi connectivity index (χ4v) is 3.69. The quantitative estimate of drug-likeness (QED) is 0.404. The van der Waals surface area contributed by atoms with Gasteiger partial charge in [0.2, 0.25) is 0 Å². The van der Waals surface area contributed by atoms with Gasteiger partial charge in [-0.15, -0.1) is 5.92 Å². The SMILES string of the molecule is CC#Cc1c(C)c(C)c(/C=C\C)c2cc(-c3cccc(Br)c3)ccc12. The van der Waals surface area contributed by atoms with Crippen molar-refractivity contribution in [2.75, 3.05) is 0 Å². The third-order valence-corrected chi connectivity index (χ3v) is 5.16. The van der Waals surface area contributed by atoms with Crippen LogP contribution in [0, 0.1) is 25.7 Å². The van der Waals surface area contributed by atoms with Gasteiger partial charge in [-0.2, -0.15) is 0 Å². The predicted molar refractivity (Wildman–Crippen MR) is 114 cm³/mol. The van der Waals surface area contributed by atoms with E-state index < -0.39 is 0 Å². The minimum absolute atomic E-state index is 1.09. The van der Waals surface area contributed by atoms with E-state index >= 15 is 0 Å². The highest BCUT2D eigenvalue weighted by atomic mass is 79.9.